The van der Waals surface area contributed by atoms with E-state index >= 15 is 0 Å². The molecule has 0 saturated heterocycles. The molecule has 0 bridgehead atoms. The van der Waals surface area contributed by atoms with Crippen LogP contribution in [0.5, 0.6) is 5.75 Å². The topological polar surface area (TPSA) is 29.5 Å². The molecule has 0 aliphatic carbocycles. The molecule has 1 atom stereocenters. The summed E-state index contributed by atoms with van der Waals surface area (Å²) < 4.78 is 5.72. The highest BCUT2D eigenvalue weighted by atomic mass is 16.5. The molecule has 1 heterocycles. The van der Waals surface area contributed by atoms with Crippen molar-refractivity contribution in [1.29, 1.82) is 0 Å². The third kappa shape index (κ3) is 1.90. The lowest BCUT2D eigenvalue weighted by atomic mass is 10.1. The second kappa shape index (κ2) is 4.16. The van der Waals surface area contributed by atoms with Gasteiger partial charge in [-0.1, -0.05) is 6.92 Å². The Kier molecular flexibility index (Phi) is 2.86. The Labute approximate surface area is 96.0 Å². The van der Waals surface area contributed by atoms with Crippen molar-refractivity contribution in [3.05, 3.63) is 23.8 Å². The number of ketones is 1. The highest BCUT2D eigenvalue weighted by molar-refractivity contribution is 5.97. The molecular formula is C13H17NO2. The van der Waals surface area contributed by atoms with Gasteiger partial charge in [0.15, 0.2) is 5.78 Å². The molecule has 16 heavy (non-hydrogen) atoms. The van der Waals surface area contributed by atoms with Crippen LogP contribution >= 0.6 is 0 Å². The summed E-state index contributed by atoms with van der Waals surface area (Å²) in [4.78, 5) is 13.7. The summed E-state index contributed by atoms with van der Waals surface area (Å²) in [5, 5.41) is 0. The van der Waals surface area contributed by atoms with E-state index in [0.717, 1.165) is 23.5 Å². The van der Waals surface area contributed by atoms with Crippen LogP contribution in [0.25, 0.3) is 0 Å². The van der Waals surface area contributed by atoms with E-state index in [1.54, 1.807) is 0 Å². The Morgan fingerprint density at radius 1 is 1.56 bits per heavy atom. The fourth-order valence-corrected chi connectivity index (χ4v) is 2.03. The van der Waals surface area contributed by atoms with Gasteiger partial charge in [-0.05, 0) is 25.1 Å². The Bertz CT molecular complexity index is 414. The van der Waals surface area contributed by atoms with Gasteiger partial charge in [-0.3, -0.25) is 4.79 Å². The number of nitrogens with zero attached hydrogens (tertiary/aromatic N) is 1. The van der Waals surface area contributed by atoms with Crippen molar-refractivity contribution in [3.63, 3.8) is 0 Å². The van der Waals surface area contributed by atoms with Gasteiger partial charge in [-0.15, -0.1) is 0 Å². The van der Waals surface area contributed by atoms with Crippen LogP contribution in [-0.4, -0.2) is 25.5 Å². The number of carbonyl (C=O) groups is 1. The number of hydrogen-bond acceptors (Lipinski definition) is 3. The van der Waals surface area contributed by atoms with Gasteiger partial charge in [0.1, 0.15) is 11.9 Å². The lowest BCUT2D eigenvalue weighted by molar-refractivity contribution is 0.0988. The van der Waals surface area contributed by atoms with Crippen molar-refractivity contribution in [2.75, 3.05) is 18.5 Å². The van der Waals surface area contributed by atoms with Crippen LogP contribution < -0.4 is 9.64 Å². The minimum Gasteiger partial charge on any atom is -0.487 e. The third-order valence-corrected chi connectivity index (χ3v) is 2.87. The van der Waals surface area contributed by atoms with Crippen LogP contribution in [0.3, 0.4) is 0 Å². The number of carbonyl (C=O) groups excluding carboxylic acids is 1. The number of benzene rings is 1. The van der Waals surface area contributed by atoms with Gasteiger partial charge in [-0.2, -0.15) is 0 Å². The molecule has 0 spiro atoms. The van der Waals surface area contributed by atoms with E-state index in [0.29, 0.717) is 6.42 Å². The number of anilines is 1. The number of Topliss-reactive ketones (excluding diaryl/α,β-unsaturated/α-hetero) is 1. The average Bonchev–Trinajstić information content (AvgIpc) is 2.27. The maximum Gasteiger partial charge on any atom is 0.162 e. The first-order chi connectivity index (χ1) is 7.61. The highest BCUT2D eigenvalue weighted by Gasteiger charge is 2.21. The maximum absolute atomic E-state index is 11.6. The monoisotopic (exact) mass is 219 g/mol. The van der Waals surface area contributed by atoms with Crippen LogP contribution in [0.1, 0.15) is 30.6 Å². The summed E-state index contributed by atoms with van der Waals surface area (Å²) in [6, 6.07) is 5.66. The quantitative estimate of drug-likeness (QED) is 0.716. The lowest BCUT2D eigenvalue weighted by Crippen LogP contribution is -2.35. The average molecular weight is 219 g/mol. The van der Waals surface area contributed by atoms with Gasteiger partial charge in [0.2, 0.25) is 0 Å². The number of ether oxygens (including phenoxy) is 1. The predicted molar refractivity (Wildman–Crippen MR) is 64.4 cm³/mol. The van der Waals surface area contributed by atoms with Crippen molar-refractivity contribution in [1.82, 2.24) is 0 Å². The fraction of sp³-hybridized carbons (Fsp3) is 0.462. The normalized spacial score (nSPS) is 18.9. The summed E-state index contributed by atoms with van der Waals surface area (Å²) in [6.45, 7) is 4.78. The molecule has 1 unspecified atom stereocenters. The van der Waals surface area contributed by atoms with Crippen LogP contribution in [0, 0.1) is 0 Å². The Morgan fingerprint density at radius 2 is 2.31 bits per heavy atom. The van der Waals surface area contributed by atoms with Crippen LogP contribution in [-0.2, 0) is 0 Å². The molecule has 0 saturated carbocycles. The molecule has 2 rings (SSSR count). The van der Waals surface area contributed by atoms with E-state index in [-0.39, 0.29) is 11.9 Å². The summed E-state index contributed by atoms with van der Waals surface area (Å²) in [5.74, 6) is 1.05. The molecule has 1 aromatic carbocycles. The minimum absolute atomic E-state index is 0.176. The Hall–Kier alpha value is -1.51. The lowest BCUT2D eigenvalue weighted by Gasteiger charge is -2.32. The van der Waals surface area contributed by atoms with Crippen molar-refractivity contribution >= 4 is 11.5 Å². The Morgan fingerprint density at radius 3 is 3.00 bits per heavy atom. The van der Waals surface area contributed by atoms with Gasteiger partial charge >= 0.3 is 0 Å². The van der Waals surface area contributed by atoms with Gasteiger partial charge < -0.3 is 9.64 Å². The zero-order chi connectivity index (χ0) is 11.7. The zero-order valence-electron chi connectivity index (χ0n) is 9.99. The number of hydrogen-bond donors (Lipinski definition) is 0. The Balaban J connectivity index is 2.38. The number of fused-ring (bicyclic) bond motifs is 1. The van der Waals surface area contributed by atoms with Gasteiger partial charge in [0.05, 0.1) is 12.2 Å². The summed E-state index contributed by atoms with van der Waals surface area (Å²) >= 11 is 0. The molecule has 1 aliphatic heterocycles. The fourth-order valence-electron chi connectivity index (χ4n) is 2.03. The van der Waals surface area contributed by atoms with E-state index in [2.05, 4.69) is 4.90 Å². The zero-order valence-corrected chi connectivity index (χ0v) is 9.99. The van der Waals surface area contributed by atoms with Crippen LogP contribution in [0.15, 0.2) is 18.2 Å². The number of rotatable bonds is 2. The third-order valence-electron chi connectivity index (χ3n) is 2.87. The van der Waals surface area contributed by atoms with E-state index in [1.807, 2.05) is 39.1 Å². The van der Waals surface area contributed by atoms with Crippen molar-refractivity contribution in [2.24, 2.45) is 0 Å². The highest BCUT2D eigenvalue weighted by Crippen LogP contribution is 2.33. The van der Waals surface area contributed by atoms with Crippen LogP contribution in [0.4, 0.5) is 5.69 Å². The SMILES string of the molecule is CCC(=O)c1ccc2c(c1)N(C)CC(C)O2. The number of likely N-dealkylation sites (N-methyl/N-ethyl adjacent to an activating group) is 1. The molecule has 0 fully saturated rings. The molecule has 0 amide bonds. The smallest absolute Gasteiger partial charge is 0.162 e. The summed E-state index contributed by atoms with van der Waals surface area (Å²) in [6.07, 6.45) is 0.741. The van der Waals surface area contributed by atoms with Gasteiger partial charge in [-0.25, -0.2) is 0 Å². The molecule has 3 nitrogen and oxygen atoms in total. The largest absolute Gasteiger partial charge is 0.487 e. The first-order valence-electron chi connectivity index (χ1n) is 5.67. The van der Waals surface area contributed by atoms with E-state index in [4.69, 9.17) is 4.74 Å². The van der Waals surface area contributed by atoms with Crippen molar-refractivity contribution < 1.29 is 9.53 Å². The maximum atomic E-state index is 11.6. The summed E-state index contributed by atoms with van der Waals surface area (Å²) in [5.41, 5.74) is 1.78. The second-order valence-electron chi connectivity index (χ2n) is 4.27. The van der Waals surface area contributed by atoms with E-state index in [9.17, 15) is 4.79 Å². The van der Waals surface area contributed by atoms with Gasteiger partial charge in [0.25, 0.3) is 0 Å². The molecular weight excluding hydrogens is 202 g/mol. The van der Waals surface area contributed by atoms with Crippen molar-refractivity contribution in [3.8, 4) is 5.75 Å². The van der Waals surface area contributed by atoms with E-state index in [1.165, 1.54) is 0 Å². The molecule has 0 radical (unpaired) electrons. The molecule has 86 valence electrons. The molecule has 1 aliphatic rings. The molecule has 1 aromatic rings. The van der Waals surface area contributed by atoms with Gasteiger partial charge in [0, 0.05) is 19.0 Å². The van der Waals surface area contributed by atoms with E-state index < -0.39 is 0 Å². The van der Waals surface area contributed by atoms with Crippen LogP contribution in [0.2, 0.25) is 0 Å². The molecule has 3 heteroatoms. The standard InChI is InChI=1S/C13H17NO2/c1-4-12(15)10-5-6-13-11(7-10)14(3)8-9(2)16-13/h5-7,9H,4,8H2,1-3H3. The van der Waals surface area contributed by atoms with Crippen molar-refractivity contribution in [2.45, 2.75) is 26.4 Å². The summed E-state index contributed by atoms with van der Waals surface area (Å²) in [7, 11) is 2.03. The molecule has 0 aromatic heterocycles. The first kappa shape index (κ1) is 11.0. The minimum atomic E-state index is 0.176. The first-order valence-corrected chi connectivity index (χ1v) is 5.67. The predicted octanol–water partition coefficient (Wildman–Crippen LogP) is 2.50. The molecule has 0 N–H and O–H groups in total. The second-order valence-corrected chi connectivity index (χ2v) is 4.27.